The summed E-state index contributed by atoms with van der Waals surface area (Å²) in [6, 6.07) is 0. The molecule has 24 heavy (non-hydrogen) atoms. The summed E-state index contributed by atoms with van der Waals surface area (Å²) < 4.78 is 0. The van der Waals surface area contributed by atoms with E-state index in [-0.39, 0.29) is 0 Å². The maximum atomic E-state index is 2.34. The van der Waals surface area contributed by atoms with Crippen LogP contribution in [0.3, 0.4) is 0 Å². The van der Waals surface area contributed by atoms with Gasteiger partial charge < -0.3 is 0 Å². The van der Waals surface area contributed by atoms with Gasteiger partial charge in [0.1, 0.15) is 0 Å². The van der Waals surface area contributed by atoms with E-state index >= 15 is 0 Å². The third-order valence-corrected chi connectivity index (χ3v) is 7.11. The summed E-state index contributed by atoms with van der Waals surface area (Å²) in [6.45, 7) is 2.34. The Morgan fingerprint density at radius 3 is 0.833 bits per heavy atom. The summed E-state index contributed by atoms with van der Waals surface area (Å²) in [6.07, 6.45) is 30.3. The van der Waals surface area contributed by atoms with Crippen LogP contribution in [0.4, 0.5) is 0 Å². The van der Waals surface area contributed by atoms with Gasteiger partial charge in [-0.15, -0.1) is 0 Å². The van der Waals surface area contributed by atoms with Crippen molar-refractivity contribution in [2.24, 2.45) is 17.8 Å². The zero-order chi connectivity index (χ0) is 16.9. The highest BCUT2D eigenvalue weighted by molar-refractivity contribution is 4.76. The predicted octanol–water partition coefficient (Wildman–Crippen LogP) is 8.68. The zero-order valence-corrected chi connectivity index (χ0v) is 16.9. The van der Waals surface area contributed by atoms with Crippen LogP contribution in [0, 0.1) is 17.8 Å². The molecule has 0 aliphatic heterocycles. The second-order valence-electron chi connectivity index (χ2n) is 9.31. The van der Waals surface area contributed by atoms with Gasteiger partial charge in [0.15, 0.2) is 0 Å². The molecule has 4 aliphatic carbocycles. The van der Waals surface area contributed by atoms with Crippen molar-refractivity contribution in [3.63, 3.8) is 0 Å². The summed E-state index contributed by atoms with van der Waals surface area (Å²) in [5.74, 6) is 3.32. The maximum Gasteiger partial charge on any atom is -0.0386 e. The Labute approximate surface area is 153 Å². The van der Waals surface area contributed by atoms with E-state index < -0.39 is 0 Å². The van der Waals surface area contributed by atoms with Crippen molar-refractivity contribution >= 4 is 0 Å². The van der Waals surface area contributed by atoms with Crippen LogP contribution in [0.15, 0.2) is 0 Å². The molecule has 4 saturated carbocycles. The highest BCUT2D eigenvalue weighted by Gasteiger charge is 2.24. The Balaban J connectivity index is 0.000000146. The third kappa shape index (κ3) is 8.91. The van der Waals surface area contributed by atoms with Crippen LogP contribution in [0.5, 0.6) is 0 Å². The van der Waals surface area contributed by atoms with Gasteiger partial charge in [0.2, 0.25) is 0 Å². The monoisotopic (exact) mass is 334 g/mol. The van der Waals surface area contributed by atoms with Crippen molar-refractivity contribution in [3.8, 4) is 0 Å². The van der Waals surface area contributed by atoms with Gasteiger partial charge in [0, 0.05) is 0 Å². The zero-order valence-electron chi connectivity index (χ0n) is 16.9. The molecule has 0 radical (unpaired) electrons. The predicted molar refractivity (Wildman–Crippen MR) is 108 cm³/mol. The van der Waals surface area contributed by atoms with E-state index in [9.17, 15) is 0 Å². The van der Waals surface area contributed by atoms with Crippen molar-refractivity contribution in [3.05, 3.63) is 0 Å². The minimum absolute atomic E-state index is 1.05. The van der Waals surface area contributed by atoms with Crippen molar-refractivity contribution < 1.29 is 0 Å². The summed E-state index contributed by atoms with van der Waals surface area (Å²) in [5.41, 5.74) is 0. The lowest BCUT2D eigenvalue weighted by Crippen LogP contribution is -2.20. The fourth-order valence-corrected chi connectivity index (χ4v) is 5.40. The second kappa shape index (κ2) is 13.2. The molecule has 0 bridgehead atoms. The molecular weight excluding hydrogens is 288 g/mol. The lowest BCUT2D eigenvalue weighted by atomic mass is 9.73. The molecule has 0 aromatic rings. The minimum atomic E-state index is 1.05. The lowest BCUT2D eigenvalue weighted by Gasteiger charge is -2.32. The molecule has 0 unspecified atom stereocenters. The van der Waals surface area contributed by atoms with E-state index in [2.05, 4.69) is 6.92 Å². The third-order valence-electron chi connectivity index (χ3n) is 7.11. The van der Waals surface area contributed by atoms with Gasteiger partial charge in [0.25, 0.3) is 0 Å². The van der Waals surface area contributed by atoms with E-state index in [1.165, 1.54) is 103 Å². The van der Waals surface area contributed by atoms with Crippen molar-refractivity contribution in [2.75, 3.05) is 0 Å². The molecule has 0 saturated heterocycles. The summed E-state index contributed by atoms with van der Waals surface area (Å²) >= 11 is 0. The first kappa shape index (κ1) is 20.3. The maximum absolute atomic E-state index is 2.34. The molecule has 0 heteroatoms. The van der Waals surface area contributed by atoms with Crippen LogP contribution in [-0.2, 0) is 0 Å². The molecule has 0 amide bonds. The van der Waals surface area contributed by atoms with E-state index in [0.717, 1.165) is 17.8 Å². The van der Waals surface area contributed by atoms with Crippen LogP contribution < -0.4 is 0 Å². The van der Waals surface area contributed by atoms with Gasteiger partial charge in [-0.1, -0.05) is 135 Å². The lowest BCUT2D eigenvalue weighted by molar-refractivity contribution is 0.196. The Morgan fingerprint density at radius 2 is 0.583 bits per heavy atom. The molecule has 0 atom stereocenters. The molecule has 4 fully saturated rings. The van der Waals surface area contributed by atoms with Gasteiger partial charge in [-0.05, 0) is 17.8 Å². The smallest absolute Gasteiger partial charge is 0.0386 e. The van der Waals surface area contributed by atoms with Crippen molar-refractivity contribution in [1.29, 1.82) is 0 Å². The van der Waals surface area contributed by atoms with Crippen LogP contribution in [0.2, 0.25) is 0 Å². The van der Waals surface area contributed by atoms with Crippen molar-refractivity contribution in [1.82, 2.24) is 0 Å². The Hall–Kier alpha value is 0. The Morgan fingerprint density at radius 1 is 0.333 bits per heavy atom. The number of hydrogen-bond acceptors (Lipinski definition) is 0. The second-order valence-corrected chi connectivity index (χ2v) is 9.31. The Kier molecular flexibility index (Phi) is 11.2. The van der Waals surface area contributed by atoms with Gasteiger partial charge in [0.05, 0.1) is 0 Å². The highest BCUT2D eigenvalue weighted by Crippen LogP contribution is 2.37. The molecule has 142 valence electrons. The van der Waals surface area contributed by atoms with Gasteiger partial charge >= 0.3 is 0 Å². The van der Waals surface area contributed by atoms with E-state index in [0.29, 0.717) is 0 Å². The van der Waals surface area contributed by atoms with E-state index in [1.807, 2.05) is 0 Å². The SMILES string of the molecule is C1CCC(C2CCCCC2)CC1.C1CCCCC1.CC1CCCC1. The first-order valence-electron chi connectivity index (χ1n) is 11.9. The van der Waals surface area contributed by atoms with Crippen LogP contribution in [0.1, 0.15) is 135 Å². The van der Waals surface area contributed by atoms with E-state index in [4.69, 9.17) is 0 Å². The molecule has 0 heterocycles. The molecule has 0 nitrogen and oxygen atoms in total. The van der Waals surface area contributed by atoms with Crippen LogP contribution in [0.25, 0.3) is 0 Å². The largest absolute Gasteiger partial charge is 0.0625 e. The molecule has 0 aromatic heterocycles. The molecule has 4 aliphatic rings. The molecule has 0 spiro atoms. The molecule has 4 rings (SSSR count). The number of rotatable bonds is 1. The fourth-order valence-electron chi connectivity index (χ4n) is 5.40. The summed E-state index contributed by atoms with van der Waals surface area (Å²) in [4.78, 5) is 0. The normalized spacial score (nSPS) is 26.9. The standard InChI is InChI=1S/C12H22.2C6H12/c1-3-7-11(8-4-1)12-9-5-2-6-10-12;1-6-4-2-3-5-6;1-2-4-6-5-3-1/h11-12H,1-10H2;6H,2-5H2,1H3;1-6H2. The van der Waals surface area contributed by atoms with E-state index in [1.54, 1.807) is 25.7 Å². The molecule has 0 aromatic carbocycles. The molecule has 0 N–H and O–H groups in total. The van der Waals surface area contributed by atoms with Gasteiger partial charge in [-0.2, -0.15) is 0 Å². The average molecular weight is 335 g/mol. The topological polar surface area (TPSA) is 0 Å². The van der Waals surface area contributed by atoms with Crippen molar-refractivity contribution in [2.45, 2.75) is 135 Å². The fraction of sp³-hybridized carbons (Fsp3) is 1.00. The summed E-state index contributed by atoms with van der Waals surface area (Å²) in [7, 11) is 0. The van der Waals surface area contributed by atoms with Gasteiger partial charge in [-0.25, -0.2) is 0 Å². The van der Waals surface area contributed by atoms with Crippen LogP contribution in [-0.4, -0.2) is 0 Å². The minimum Gasteiger partial charge on any atom is -0.0625 e. The quantitative estimate of drug-likeness (QED) is 0.450. The van der Waals surface area contributed by atoms with Crippen LogP contribution >= 0.6 is 0 Å². The molecular formula is C24H46. The summed E-state index contributed by atoms with van der Waals surface area (Å²) in [5, 5.41) is 0. The average Bonchev–Trinajstić information content (AvgIpc) is 3.17. The highest BCUT2D eigenvalue weighted by atomic mass is 14.3. The van der Waals surface area contributed by atoms with Gasteiger partial charge in [-0.3, -0.25) is 0 Å². The number of hydrogen-bond donors (Lipinski definition) is 0. The Bertz CT molecular complexity index is 232. The first-order chi connectivity index (χ1) is 11.9. The first-order valence-corrected chi connectivity index (χ1v) is 11.9.